The minimum absolute atomic E-state index is 0.0828. The van der Waals surface area contributed by atoms with Crippen molar-refractivity contribution in [3.8, 4) is 34.2 Å². The lowest BCUT2D eigenvalue weighted by atomic mass is 9.76. The molecular formula is C85H118N12O8Si2. The monoisotopic (exact) mass is 1490 g/mol. The zero-order valence-electron chi connectivity index (χ0n) is 66.0. The lowest BCUT2D eigenvalue weighted by molar-refractivity contribution is -0.124. The number of aryl methyl sites for hydroxylation is 6. The second-order valence-corrected chi connectivity index (χ2v) is 44.5. The number of H-pyrrole nitrogens is 4. The molecule has 7 aliphatic rings. The molecule has 4 aliphatic heterocycles. The molecule has 3 aromatic carbocycles. The first-order valence-electron chi connectivity index (χ1n) is 40.3. The molecule has 16 rings (SSSR count). The highest BCUT2D eigenvalue weighted by Gasteiger charge is 2.51. The molecule has 0 spiro atoms. The lowest BCUT2D eigenvalue weighted by Crippen LogP contribution is -2.40. The summed E-state index contributed by atoms with van der Waals surface area (Å²) < 4.78 is 20.8. The molecule has 574 valence electrons. The Bertz CT molecular complexity index is 4700. The van der Waals surface area contributed by atoms with Crippen LogP contribution >= 0.6 is 0 Å². The highest BCUT2D eigenvalue weighted by molar-refractivity contribution is 6.76. The molecule has 6 N–H and O–H groups in total. The van der Waals surface area contributed by atoms with Gasteiger partial charge in [-0.15, -0.1) is 6.58 Å². The number of anilines is 3. The Morgan fingerprint density at radius 1 is 0.514 bits per heavy atom. The number of aromatic nitrogens is 9. The normalized spacial score (nSPS) is 17.2. The van der Waals surface area contributed by atoms with E-state index in [0.29, 0.717) is 45.9 Å². The zero-order chi connectivity index (χ0) is 75.7. The molecule has 9 aromatic rings. The first-order chi connectivity index (χ1) is 51.6. The van der Waals surface area contributed by atoms with Crippen molar-refractivity contribution in [2.45, 2.75) is 245 Å². The number of nitrogens with zero attached hydrogens (tertiary/aromatic N) is 8. The van der Waals surface area contributed by atoms with Gasteiger partial charge in [-0.1, -0.05) is 86.9 Å². The van der Waals surface area contributed by atoms with E-state index in [9.17, 15) is 24.6 Å². The van der Waals surface area contributed by atoms with Crippen molar-refractivity contribution in [2.24, 2.45) is 0 Å². The third-order valence-electron chi connectivity index (χ3n) is 24.5. The molecule has 3 aliphatic carbocycles. The van der Waals surface area contributed by atoms with E-state index in [-0.39, 0.29) is 30.9 Å². The van der Waals surface area contributed by atoms with E-state index >= 15 is 0 Å². The third-order valence-corrected chi connectivity index (χ3v) is 27.9. The summed E-state index contributed by atoms with van der Waals surface area (Å²) in [6.45, 7) is 37.2. The smallest absolute Gasteiger partial charge is 0.237 e. The van der Waals surface area contributed by atoms with Gasteiger partial charge in [0.25, 0.3) is 0 Å². The van der Waals surface area contributed by atoms with E-state index in [1.54, 1.807) is 0 Å². The number of aliphatic hydroxyl groups excluding tert-OH is 2. The number of aliphatic hydroxyl groups is 2. The van der Waals surface area contributed by atoms with Crippen LogP contribution in [0.5, 0.6) is 0 Å². The quantitative estimate of drug-likeness (QED) is 0.0189. The molecule has 6 aromatic heterocycles. The summed E-state index contributed by atoms with van der Waals surface area (Å²) >= 11 is 0. The summed E-state index contributed by atoms with van der Waals surface area (Å²) in [6, 6.07) is 15.7. The second-order valence-electron chi connectivity index (χ2n) is 33.3. The van der Waals surface area contributed by atoms with Crippen molar-refractivity contribution in [1.29, 1.82) is 0 Å². The highest BCUT2D eigenvalue weighted by atomic mass is 28.3. The average molecular weight is 1490 g/mol. The fourth-order valence-corrected chi connectivity index (χ4v) is 19.6. The van der Waals surface area contributed by atoms with E-state index in [2.05, 4.69) is 161 Å². The molecular weight excluding hydrogens is 1370 g/mol. The number of carbonyl (C=O) groups is 3. The molecule has 20 nitrogen and oxygen atoms in total. The van der Waals surface area contributed by atoms with Gasteiger partial charge in [-0.2, -0.15) is 15.3 Å². The topological polar surface area (TPSA) is 241 Å². The summed E-state index contributed by atoms with van der Waals surface area (Å²) in [6.07, 6.45) is 25.7. The van der Waals surface area contributed by atoms with Crippen molar-refractivity contribution in [3.05, 3.63) is 118 Å². The minimum atomic E-state index is -1.12. The summed E-state index contributed by atoms with van der Waals surface area (Å²) in [5, 5.41) is 39.8. The van der Waals surface area contributed by atoms with Crippen LogP contribution in [0, 0.1) is 0 Å². The van der Waals surface area contributed by atoms with Gasteiger partial charge in [0.2, 0.25) is 17.7 Å². The van der Waals surface area contributed by atoms with Crippen LogP contribution in [0.1, 0.15) is 175 Å². The Kier molecular flexibility index (Phi) is 23.2. The molecule has 0 unspecified atom stereocenters. The van der Waals surface area contributed by atoms with Gasteiger partial charge in [-0.3, -0.25) is 19.5 Å². The van der Waals surface area contributed by atoms with E-state index in [1.165, 1.54) is 62.4 Å². The number of carbonyl (C=O) groups excluding carboxylic acids is 3. The van der Waals surface area contributed by atoms with Crippen LogP contribution < -0.4 is 14.7 Å². The van der Waals surface area contributed by atoms with Gasteiger partial charge < -0.3 is 54.1 Å². The summed E-state index contributed by atoms with van der Waals surface area (Å²) in [5.74, 6) is 0.562. The van der Waals surface area contributed by atoms with E-state index in [0.717, 1.165) is 219 Å². The van der Waals surface area contributed by atoms with Crippen LogP contribution in [-0.4, -0.2) is 148 Å². The maximum atomic E-state index is 13.6. The lowest BCUT2D eigenvalue weighted by Gasteiger charge is -2.26. The molecule has 0 bridgehead atoms. The number of hydrogen-bond acceptors (Lipinski definition) is 11. The van der Waals surface area contributed by atoms with E-state index in [1.807, 2.05) is 36.3 Å². The molecule has 3 amide bonds. The van der Waals surface area contributed by atoms with Gasteiger partial charge in [0.1, 0.15) is 24.8 Å². The van der Waals surface area contributed by atoms with Gasteiger partial charge in [0.15, 0.2) is 0 Å². The Morgan fingerprint density at radius 3 is 1.27 bits per heavy atom. The zero-order valence-corrected chi connectivity index (χ0v) is 68.0. The van der Waals surface area contributed by atoms with Gasteiger partial charge >= 0.3 is 0 Å². The summed E-state index contributed by atoms with van der Waals surface area (Å²) in [7, 11) is -2.22. The third kappa shape index (κ3) is 14.5. The fraction of sp³-hybridized carbons (Fsp3) is 0.553. The molecule has 107 heavy (non-hydrogen) atoms. The Labute approximate surface area is 634 Å². The number of benzene rings is 3. The maximum absolute atomic E-state index is 13.6. The Hall–Kier alpha value is -7.71. The Balaban J connectivity index is 0.000000138. The van der Waals surface area contributed by atoms with Crippen LogP contribution in [0.3, 0.4) is 0 Å². The summed E-state index contributed by atoms with van der Waals surface area (Å²) in [5.41, 5.74) is 22.6. The SMILES string of the molecule is C1CCOC1.C=CCN1C(=O)C(CC)(CC)c2cc3[nH]c4c(c3cc21)CCCc1cn(COCC[Si](C)(C)C)nc1-4.CCC1(CC)C(=O)N(CCCO)c2cc3c4c([nH]c3cc21)-c1[nH]ncc1CCC4.CCC1(CC)C(=O)N(CCCO)c2cc3c4c([nH]c3cc21)-c1nn(COCC[Si](C)(C)C)cc1CCC4. The molecule has 22 heteroatoms. The predicted octanol–water partition coefficient (Wildman–Crippen LogP) is 16.7. The standard InChI is InChI=1S/C29H42N4O3Si.C29H40N4O2Si.C23H28N4O2.C4H8O/c1-6-29(7-2)23-17-24-22(16-25(23)33(28(29)35)12-9-13-34)21-11-8-10-20-18-32(31-26(20)27(21)30-24)19-36-14-15-37(3,4)5;1-7-13-33-25-16-22-21-12-10-11-20-18-32(19-35-14-15-36(4,5)6)31-26(20)27(21)30-24(22)17-23(25)29(8-2,9-3)28(33)34;1-3-23(4-2)17-12-18-16(11-19(17)27(22(23)29)9-6-10-28)15-8-5-7-14-13-24-26-20(14)21(15)25-18;1-2-4-5-3-1/h16-18,30,34H,6-15,19H2,1-5H3;7,16-18,30H,1,8-15,19H2,2-6H3;11-13,25,28H,3-10H2,1-2H3,(H,24,26);1-4H2. The number of fused-ring (bicyclic) bond motifs is 18. The van der Waals surface area contributed by atoms with Crippen molar-refractivity contribution in [3.63, 3.8) is 0 Å². The van der Waals surface area contributed by atoms with Crippen molar-refractivity contribution in [2.75, 3.05) is 74.0 Å². The van der Waals surface area contributed by atoms with Crippen LogP contribution in [0.2, 0.25) is 51.4 Å². The molecule has 0 saturated carbocycles. The van der Waals surface area contributed by atoms with Crippen molar-refractivity contribution >= 4 is 83.6 Å². The van der Waals surface area contributed by atoms with Crippen LogP contribution in [0.25, 0.3) is 66.9 Å². The first-order valence-corrected chi connectivity index (χ1v) is 47.7. The fourth-order valence-electron chi connectivity index (χ4n) is 18.0. The summed E-state index contributed by atoms with van der Waals surface area (Å²) in [4.78, 5) is 57.5. The van der Waals surface area contributed by atoms with Gasteiger partial charge in [0.05, 0.1) is 45.2 Å². The number of amides is 3. The number of hydrogen-bond donors (Lipinski definition) is 6. The molecule has 1 fully saturated rings. The first kappa shape index (κ1) is 77.5. The van der Waals surface area contributed by atoms with Gasteiger partial charge in [-0.25, -0.2) is 9.36 Å². The predicted molar refractivity (Wildman–Crippen MR) is 437 cm³/mol. The van der Waals surface area contributed by atoms with Crippen LogP contribution in [0.4, 0.5) is 17.1 Å². The molecule has 0 radical (unpaired) electrons. The van der Waals surface area contributed by atoms with Crippen LogP contribution in [0.15, 0.2) is 67.6 Å². The van der Waals surface area contributed by atoms with Gasteiger partial charge in [-0.05, 0) is 221 Å². The minimum Gasteiger partial charge on any atom is -0.396 e. The number of aromatic amines is 4. The highest BCUT2D eigenvalue weighted by Crippen LogP contribution is 2.53. The van der Waals surface area contributed by atoms with Crippen LogP contribution in [-0.2, 0) is 96.8 Å². The Morgan fingerprint density at radius 2 is 0.897 bits per heavy atom. The number of nitrogens with one attached hydrogen (secondary N) is 4. The second kappa shape index (κ2) is 32.1. The van der Waals surface area contributed by atoms with Crippen molar-refractivity contribution < 1.29 is 38.8 Å². The average Bonchev–Trinajstić information content (AvgIpc) is 1.57. The molecule has 1 saturated heterocycles. The van der Waals surface area contributed by atoms with Gasteiger partial charge in [0, 0.05) is 138 Å². The largest absolute Gasteiger partial charge is 0.396 e. The molecule has 0 atom stereocenters. The number of rotatable bonds is 24. The molecule has 10 heterocycles. The van der Waals surface area contributed by atoms with Crippen molar-refractivity contribution in [1.82, 2.24) is 44.7 Å². The number of ether oxygens (including phenoxy) is 3. The van der Waals surface area contributed by atoms with E-state index in [4.69, 9.17) is 24.4 Å². The maximum Gasteiger partial charge on any atom is 0.237 e. The van der Waals surface area contributed by atoms with E-state index < -0.39 is 32.4 Å².